The number of aliphatic hydroxyl groups excluding tert-OH is 1. The minimum absolute atomic E-state index is 0.188. The molecule has 0 radical (unpaired) electrons. The molecule has 0 amide bonds. The standard InChI is InChI=1S/C22H29FN6O/c23-17-7-3-4-8-18(17)26-22-27-19-13-24-21(25-14-9-11-16(30)12-10-14)28-20(19)29(22)15-5-1-2-6-15/h7-8,13-16,30H,1-6,9-12H2,(H,26,27)(H,24,25,28). The van der Waals surface area contributed by atoms with Gasteiger partial charge in [0.05, 0.1) is 18.0 Å². The van der Waals surface area contributed by atoms with E-state index in [0.717, 1.165) is 62.5 Å². The van der Waals surface area contributed by atoms with Gasteiger partial charge in [-0.15, -0.1) is 0 Å². The molecule has 2 saturated carbocycles. The lowest BCUT2D eigenvalue weighted by molar-refractivity contribution is 0.126. The van der Waals surface area contributed by atoms with Gasteiger partial charge in [-0.05, 0) is 57.4 Å². The fraction of sp³-hybridized carbons (Fsp3) is 0.591. The zero-order chi connectivity index (χ0) is 20.5. The Morgan fingerprint density at radius 2 is 1.77 bits per heavy atom. The Bertz CT molecular complexity index is 969. The van der Waals surface area contributed by atoms with Gasteiger partial charge in [0.25, 0.3) is 0 Å². The third-order valence-electron chi connectivity index (χ3n) is 6.49. The van der Waals surface area contributed by atoms with Crippen LogP contribution in [0.25, 0.3) is 11.2 Å². The molecule has 3 N–H and O–H groups in total. The zero-order valence-corrected chi connectivity index (χ0v) is 17.1. The molecule has 0 unspecified atom stereocenters. The number of aromatic nitrogens is 4. The molecular weight excluding hydrogens is 383 g/mol. The number of nitrogens with zero attached hydrogens (tertiary/aromatic N) is 4. The maximum absolute atomic E-state index is 14.3. The molecule has 160 valence electrons. The largest absolute Gasteiger partial charge is 0.393 e. The second-order valence-corrected chi connectivity index (χ2v) is 8.67. The first-order chi connectivity index (χ1) is 14.7. The first-order valence-corrected chi connectivity index (χ1v) is 11.2. The van der Waals surface area contributed by atoms with Gasteiger partial charge in [-0.3, -0.25) is 4.57 Å². The molecule has 0 spiro atoms. The van der Waals surface area contributed by atoms with Crippen LogP contribution in [-0.4, -0.2) is 36.8 Å². The molecular formula is C22H29FN6O. The van der Waals surface area contributed by atoms with Gasteiger partial charge in [0.1, 0.15) is 11.3 Å². The van der Waals surface area contributed by atoms with Gasteiger partial charge in [0.15, 0.2) is 5.65 Å². The quantitative estimate of drug-likeness (QED) is 0.665. The van der Waals surface area contributed by atoms with E-state index in [0.29, 0.717) is 23.6 Å². The minimum atomic E-state index is -0.223. The van der Waals surface area contributed by atoms with Gasteiger partial charge in [-0.1, -0.05) is 18.9 Å². The molecule has 0 bridgehead atoms. The Morgan fingerprint density at radius 3 is 2.53 bits per heavy atom. The van der Waals surface area contributed by atoms with Crippen molar-refractivity contribution in [2.75, 3.05) is 10.6 Å². The molecule has 0 aliphatic heterocycles. The van der Waals surface area contributed by atoms with Crippen molar-refractivity contribution in [3.63, 3.8) is 0 Å². The summed E-state index contributed by atoms with van der Waals surface area (Å²) >= 11 is 0. The zero-order valence-electron chi connectivity index (χ0n) is 17.1. The molecule has 3 aliphatic rings. The predicted octanol–water partition coefficient (Wildman–Crippen LogP) is 4.60. The fourth-order valence-corrected chi connectivity index (χ4v) is 4.84. The Hall–Kier alpha value is -2.48. The van der Waals surface area contributed by atoms with E-state index in [-0.39, 0.29) is 18.0 Å². The van der Waals surface area contributed by atoms with Crippen LogP contribution < -0.4 is 10.6 Å². The number of fused-ring (bicyclic) bond motifs is 1. The van der Waals surface area contributed by atoms with E-state index in [9.17, 15) is 9.50 Å². The van der Waals surface area contributed by atoms with Crippen molar-refractivity contribution in [2.45, 2.75) is 82.4 Å². The fourth-order valence-electron chi connectivity index (χ4n) is 4.84. The second-order valence-electron chi connectivity index (χ2n) is 8.67. The highest BCUT2D eigenvalue weighted by Gasteiger charge is 2.26. The van der Waals surface area contributed by atoms with Crippen molar-refractivity contribution in [1.29, 1.82) is 0 Å². The van der Waals surface area contributed by atoms with Crippen LogP contribution in [0.4, 0.5) is 16.3 Å². The summed E-state index contributed by atoms with van der Waals surface area (Å²) in [5.74, 6) is 1.01. The predicted molar refractivity (Wildman–Crippen MR) is 115 cm³/mol. The molecule has 8 heteroatoms. The van der Waals surface area contributed by atoms with Crippen molar-refractivity contribution >= 4 is 23.1 Å². The number of halogens is 1. The number of nitrogens with one attached hydrogen (secondary N) is 2. The van der Waals surface area contributed by atoms with E-state index in [1.807, 2.05) is 6.08 Å². The Balaban J connectivity index is 1.46. The van der Waals surface area contributed by atoms with Crippen LogP contribution in [0.1, 0.15) is 70.3 Å². The van der Waals surface area contributed by atoms with Gasteiger partial charge < -0.3 is 15.7 Å². The van der Waals surface area contributed by atoms with Gasteiger partial charge in [-0.25, -0.2) is 14.4 Å². The SMILES string of the molecule is OC1CCC(Nc2ncc3nc(NC4=CCCC=C4F)n(C4CCCC4)c3n2)CC1. The van der Waals surface area contributed by atoms with Crippen molar-refractivity contribution in [1.82, 2.24) is 19.5 Å². The van der Waals surface area contributed by atoms with Crippen molar-refractivity contribution in [3.05, 3.63) is 29.9 Å². The van der Waals surface area contributed by atoms with Crippen molar-refractivity contribution in [3.8, 4) is 0 Å². The van der Waals surface area contributed by atoms with E-state index >= 15 is 0 Å². The normalized spacial score (nSPS) is 25.3. The summed E-state index contributed by atoms with van der Waals surface area (Å²) in [4.78, 5) is 14.0. The third kappa shape index (κ3) is 3.93. The smallest absolute Gasteiger partial charge is 0.224 e. The molecule has 3 aliphatic carbocycles. The molecule has 7 nitrogen and oxygen atoms in total. The second kappa shape index (κ2) is 8.34. The summed E-state index contributed by atoms with van der Waals surface area (Å²) in [6, 6.07) is 0.583. The molecule has 2 fully saturated rings. The molecule has 2 heterocycles. The van der Waals surface area contributed by atoms with Gasteiger partial charge in [0.2, 0.25) is 11.9 Å². The van der Waals surface area contributed by atoms with Crippen molar-refractivity contribution < 1.29 is 9.50 Å². The van der Waals surface area contributed by atoms with Crippen LogP contribution >= 0.6 is 0 Å². The molecule has 5 rings (SSSR count). The van der Waals surface area contributed by atoms with Gasteiger partial charge in [-0.2, -0.15) is 4.98 Å². The highest BCUT2D eigenvalue weighted by molar-refractivity contribution is 5.76. The van der Waals surface area contributed by atoms with Crippen molar-refractivity contribution in [2.24, 2.45) is 0 Å². The van der Waals surface area contributed by atoms with Crippen LogP contribution in [0.15, 0.2) is 29.9 Å². The number of allylic oxidation sites excluding steroid dienone is 3. The molecule has 2 aromatic heterocycles. The lowest BCUT2D eigenvalue weighted by Gasteiger charge is -2.26. The minimum Gasteiger partial charge on any atom is -0.393 e. The third-order valence-corrected chi connectivity index (χ3v) is 6.49. The van der Waals surface area contributed by atoms with E-state index < -0.39 is 0 Å². The summed E-state index contributed by atoms with van der Waals surface area (Å²) < 4.78 is 16.4. The average Bonchev–Trinajstić information content (AvgIpc) is 3.38. The lowest BCUT2D eigenvalue weighted by atomic mass is 9.93. The Kier molecular flexibility index (Phi) is 5.41. The first-order valence-electron chi connectivity index (χ1n) is 11.2. The first kappa shape index (κ1) is 19.5. The molecule has 0 saturated heterocycles. The number of hydrogen-bond acceptors (Lipinski definition) is 6. The van der Waals surface area contributed by atoms with E-state index in [2.05, 4.69) is 20.2 Å². The highest BCUT2D eigenvalue weighted by Crippen LogP contribution is 2.36. The van der Waals surface area contributed by atoms with Crippen LogP contribution in [0.3, 0.4) is 0 Å². The number of rotatable bonds is 5. The Labute approximate surface area is 175 Å². The summed E-state index contributed by atoms with van der Waals surface area (Å²) in [7, 11) is 0. The van der Waals surface area contributed by atoms with E-state index in [4.69, 9.17) is 9.97 Å². The number of imidazole rings is 1. The monoisotopic (exact) mass is 412 g/mol. The molecule has 30 heavy (non-hydrogen) atoms. The lowest BCUT2D eigenvalue weighted by Crippen LogP contribution is -2.29. The number of hydrogen-bond donors (Lipinski definition) is 3. The maximum Gasteiger partial charge on any atom is 0.224 e. The van der Waals surface area contributed by atoms with Crippen LogP contribution in [0, 0.1) is 0 Å². The number of aliphatic hydroxyl groups is 1. The van der Waals surface area contributed by atoms with Crippen LogP contribution in [0.2, 0.25) is 0 Å². The Morgan fingerprint density at radius 1 is 1.00 bits per heavy atom. The number of anilines is 2. The van der Waals surface area contributed by atoms with Gasteiger partial charge >= 0.3 is 0 Å². The van der Waals surface area contributed by atoms with Crippen LogP contribution in [-0.2, 0) is 0 Å². The molecule has 2 aromatic rings. The summed E-state index contributed by atoms with van der Waals surface area (Å²) in [6.07, 6.45) is 14.6. The summed E-state index contributed by atoms with van der Waals surface area (Å²) in [5, 5.41) is 16.4. The highest BCUT2D eigenvalue weighted by atomic mass is 19.1. The maximum atomic E-state index is 14.3. The van der Waals surface area contributed by atoms with E-state index in [1.54, 1.807) is 12.3 Å². The molecule has 0 aromatic carbocycles. The van der Waals surface area contributed by atoms with Crippen LogP contribution in [0.5, 0.6) is 0 Å². The topological polar surface area (TPSA) is 87.9 Å². The van der Waals surface area contributed by atoms with E-state index in [1.165, 1.54) is 12.8 Å². The molecule has 0 atom stereocenters. The summed E-state index contributed by atoms with van der Waals surface area (Å²) in [5.41, 5.74) is 2.00. The average molecular weight is 413 g/mol. The summed E-state index contributed by atoms with van der Waals surface area (Å²) in [6.45, 7) is 0. The van der Waals surface area contributed by atoms with Gasteiger partial charge in [0, 0.05) is 12.1 Å².